The van der Waals surface area contributed by atoms with Crippen LogP contribution in [0, 0.1) is 5.92 Å². The Balaban J connectivity index is 1.39. The Morgan fingerprint density at radius 1 is 1.32 bits per heavy atom. The molecule has 2 aromatic rings. The summed E-state index contributed by atoms with van der Waals surface area (Å²) in [5.41, 5.74) is 2.27. The highest BCUT2D eigenvalue weighted by atomic mass is 35.5. The van der Waals surface area contributed by atoms with Crippen LogP contribution < -0.4 is 5.32 Å². The summed E-state index contributed by atoms with van der Waals surface area (Å²) >= 11 is 8.04. The summed E-state index contributed by atoms with van der Waals surface area (Å²) in [6, 6.07) is 9.36. The molecule has 0 bridgehead atoms. The fourth-order valence-corrected chi connectivity index (χ4v) is 5.25. The van der Waals surface area contributed by atoms with Crippen LogP contribution in [-0.2, 0) is 22.6 Å². The molecule has 3 atom stereocenters. The number of benzene rings is 1. The first-order valence-electron chi connectivity index (χ1n) is 9.97. The second-order valence-corrected chi connectivity index (χ2v) is 9.11. The fraction of sp³-hybridized carbons (Fsp3) is 0.455. The number of thiophene rings is 1. The number of rotatable bonds is 6. The molecule has 0 spiro atoms. The molecule has 1 aliphatic heterocycles. The number of amides is 2. The lowest BCUT2D eigenvalue weighted by molar-refractivity contribution is -0.137. The first-order chi connectivity index (χ1) is 13.6. The van der Waals surface area contributed by atoms with E-state index in [0.717, 1.165) is 31.4 Å². The van der Waals surface area contributed by atoms with Crippen molar-refractivity contribution in [3.8, 4) is 0 Å². The zero-order chi connectivity index (χ0) is 19.7. The van der Waals surface area contributed by atoms with E-state index in [1.54, 1.807) is 11.3 Å². The van der Waals surface area contributed by atoms with E-state index in [-0.39, 0.29) is 23.7 Å². The number of hydrogen-bond donors (Lipinski definition) is 1. The van der Waals surface area contributed by atoms with E-state index in [4.69, 9.17) is 11.6 Å². The van der Waals surface area contributed by atoms with Crippen LogP contribution in [0.2, 0.25) is 5.02 Å². The van der Waals surface area contributed by atoms with Crippen molar-refractivity contribution >= 4 is 34.8 Å². The number of carbonyl (C=O) groups excluding carboxylic acids is 2. The van der Waals surface area contributed by atoms with Gasteiger partial charge in [0.1, 0.15) is 6.04 Å². The molecular formula is C22H25ClN2O2S. The molecule has 1 aromatic carbocycles. The Kier molecular flexibility index (Phi) is 5.74. The average Bonchev–Trinajstić information content (AvgIpc) is 3.35. The quantitative estimate of drug-likeness (QED) is 0.759. The molecule has 1 aromatic heterocycles. The Morgan fingerprint density at radius 3 is 2.93 bits per heavy atom. The van der Waals surface area contributed by atoms with Gasteiger partial charge in [-0.25, -0.2) is 0 Å². The van der Waals surface area contributed by atoms with Gasteiger partial charge in [0, 0.05) is 28.9 Å². The number of fused-ring (bicyclic) bond motifs is 1. The topological polar surface area (TPSA) is 49.4 Å². The predicted molar refractivity (Wildman–Crippen MR) is 113 cm³/mol. The minimum Gasteiger partial charge on any atom is -0.344 e. The zero-order valence-corrected chi connectivity index (χ0v) is 17.6. The van der Waals surface area contributed by atoms with Gasteiger partial charge in [-0.1, -0.05) is 43.1 Å². The van der Waals surface area contributed by atoms with Crippen LogP contribution in [0.15, 0.2) is 35.7 Å². The molecule has 2 heterocycles. The van der Waals surface area contributed by atoms with E-state index in [0.29, 0.717) is 18.0 Å². The first kappa shape index (κ1) is 19.5. The van der Waals surface area contributed by atoms with E-state index in [9.17, 15) is 9.59 Å². The lowest BCUT2D eigenvalue weighted by Gasteiger charge is -2.31. The van der Waals surface area contributed by atoms with Crippen molar-refractivity contribution in [3.05, 3.63) is 56.7 Å². The summed E-state index contributed by atoms with van der Waals surface area (Å²) in [6.45, 7) is 3.43. The van der Waals surface area contributed by atoms with Crippen molar-refractivity contribution in [3.63, 3.8) is 0 Å². The SMILES string of the molecule is CCCC(NC(=O)C1CC1c1ccccc1Cl)C(=O)N1CCc2sccc2C1. The Bertz CT molecular complexity index is 881. The Hall–Kier alpha value is -1.85. The average molecular weight is 417 g/mol. The Morgan fingerprint density at radius 2 is 2.14 bits per heavy atom. The van der Waals surface area contributed by atoms with Crippen LogP contribution >= 0.6 is 22.9 Å². The summed E-state index contributed by atoms with van der Waals surface area (Å²) in [6.07, 6.45) is 3.22. The van der Waals surface area contributed by atoms with Crippen LogP contribution in [0.5, 0.6) is 0 Å². The number of carbonyl (C=O) groups is 2. The van der Waals surface area contributed by atoms with Gasteiger partial charge in [-0.2, -0.15) is 0 Å². The molecule has 3 unspecified atom stereocenters. The van der Waals surface area contributed by atoms with Crippen LogP contribution in [0.1, 0.15) is 48.1 Å². The van der Waals surface area contributed by atoms with E-state index < -0.39 is 6.04 Å². The molecule has 1 N–H and O–H groups in total. The van der Waals surface area contributed by atoms with Gasteiger partial charge >= 0.3 is 0 Å². The van der Waals surface area contributed by atoms with Crippen molar-refractivity contribution in [1.82, 2.24) is 10.2 Å². The molecule has 1 aliphatic carbocycles. The largest absolute Gasteiger partial charge is 0.344 e. The van der Waals surface area contributed by atoms with E-state index in [2.05, 4.69) is 16.8 Å². The van der Waals surface area contributed by atoms with Crippen LogP contribution in [-0.4, -0.2) is 29.3 Å². The molecule has 2 amide bonds. The molecule has 1 saturated carbocycles. The van der Waals surface area contributed by atoms with Gasteiger partial charge in [0.25, 0.3) is 0 Å². The third kappa shape index (κ3) is 3.96. The van der Waals surface area contributed by atoms with Crippen LogP contribution in [0.4, 0.5) is 0 Å². The molecule has 0 radical (unpaired) electrons. The highest BCUT2D eigenvalue weighted by Gasteiger charge is 2.45. The predicted octanol–water partition coefficient (Wildman–Crippen LogP) is 4.37. The van der Waals surface area contributed by atoms with E-state index in [1.165, 1.54) is 10.4 Å². The summed E-state index contributed by atoms with van der Waals surface area (Å²) < 4.78 is 0. The smallest absolute Gasteiger partial charge is 0.245 e. The fourth-order valence-electron chi connectivity index (χ4n) is 4.09. The van der Waals surface area contributed by atoms with E-state index >= 15 is 0 Å². The summed E-state index contributed by atoms with van der Waals surface area (Å²) in [5, 5.41) is 5.84. The normalized spacial score (nSPS) is 21.7. The third-order valence-corrected chi connectivity index (χ3v) is 7.11. The lowest BCUT2D eigenvalue weighted by Crippen LogP contribution is -2.50. The molecule has 28 heavy (non-hydrogen) atoms. The summed E-state index contributed by atoms with van der Waals surface area (Å²) in [4.78, 5) is 29.2. The molecular weight excluding hydrogens is 392 g/mol. The van der Waals surface area contributed by atoms with Crippen molar-refractivity contribution in [1.29, 1.82) is 0 Å². The maximum atomic E-state index is 13.1. The highest BCUT2D eigenvalue weighted by Crippen LogP contribution is 2.49. The van der Waals surface area contributed by atoms with Gasteiger partial charge in [-0.15, -0.1) is 11.3 Å². The number of nitrogens with zero attached hydrogens (tertiary/aromatic N) is 1. The molecule has 1 fully saturated rings. The van der Waals surface area contributed by atoms with Crippen molar-refractivity contribution in [2.45, 2.75) is 51.1 Å². The van der Waals surface area contributed by atoms with Crippen LogP contribution in [0.25, 0.3) is 0 Å². The zero-order valence-electron chi connectivity index (χ0n) is 16.0. The van der Waals surface area contributed by atoms with Gasteiger partial charge in [-0.05, 0) is 53.8 Å². The second-order valence-electron chi connectivity index (χ2n) is 7.70. The minimum atomic E-state index is -0.440. The van der Waals surface area contributed by atoms with E-state index in [1.807, 2.05) is 36.1 Å². The molecule has 0 saturated heterocycles. The number of nitrogens with one attached hydrogen (secondary N) is 1. The third-order valence-electron chi connectivity index (χ3n) is 5.74. The van der Waals surface area contributed by atoms with Crippen LogP contribution in [0.3, 0.4) is 0 Å². The standard InChI is InChI=1S/C22H25ClN2O2S/c1-2-5-19(22(27)25-10-8-20-14(13-25)9-11-28-20)24-21(26)17-12-16(17)15-6-3-4-7-18(15)23/h3-4,6-7,9,11,16-17,19H,2,5,8,10,12-13H2,1H3,(H,24,26). The van der Waals surface area contributed by atoms with Gasteiger partial charge in [0.15, 0.2) is 0 Å². The van der Waals surface area contributed by atoms with Gasteiger partial charge < -0.3 is 10.2 Å². The van der Waals surface area contributed by atoms with Gasteiger partial charge in [0.05, 0.1) is 0 Å². The van der Waals surface area contributed by atoms with Crippen molar-refractivity contribution in [2.75, 3.05) is 6.54 Å². The maximum absolute atomic E-state index is 13.1. The van der Waals surface area contributed by atoms with Gasteiger partial charge in [-0.3, -0.25) is 9.59 Å². The lowest BCUT2D eigenvalue weighted by atomic mass is 10.1. The molecule has 148 valence electrons. The monoisotopic (exact) mass is 416 g/mol. The summed E-state index contributed by atoms with van der Waals surface area (Å²) in [7, 11) is 0. The van der Waals surface area contributed by atoms with Gasteiger partial charge in [0.2, 0.25) is 11.8 Å². The maximum Gasteiger partial charge on any atom is 0.245 e. The van der Waals surface area contributed by atoms with Crippen molar-refractivity contribution < 1.29 is 9.59 Å². The van der Waals surface area contributed by atoms with Crippen molar-refractivity contribution in [2.24, 2.45) is 5.92 Å². The Labute approximate surface area is 174 Å². The second kappa shape index (κ2) is 8.26. The molecule has 2 aliphatic rings. The molecule has 6 heteroatoms. The minimum absolute atomic E-state index is 0.0232. The first-order valence-corrected chi connectivity index (χ1v) is 11.2. The summed E-state index contributed by atoms with van der Waals surface area (Å²) in [5.74, 6) is 0.0956. The molecule has 4 rings (SSSR count). The molecule has 4 nitrogen and oxygen atoms in total. The highest BCUT2D eigenvalue weighted by molar-refractivity contribution is 7.10. The number of halogens is 1. The number of hydrogen-bond acceptors (Lipinski definition) is 3.